The first-order chi connectivity index (χ1) is 5.56. The topological polar surface area (TPSA) is 95.5 Å². The first-order valence-corrected chi connectivity index (χ1v) is 3.29. The van der Waals surface area contributed by atoms with Crippen LogP contribution in [0.1, 0.15) is 12.8 Å². The van der Waals surface area contributed by atoms with Gasteiger partial charge < -0.3 is 10.4 Å². The van der Waals surface area contributed by atoms with Crippen LogP contribution in [-0.2, 0) is 9.59 Å². The molecule has 3 N–H and O–H groups in total. The highest BCUT2D eigenvalue weighted by atomic mass is 16.4. The molecule has 6 nitrogen and oxygen atoms in total. The number of carbonyl (C=O) groups is 3. The number of rotatable bonds is 3. The highest BCUT2D eigenvalue weighted by Gasteiger charge is 2.07. The number of carbonyl (C=O) groups excluding carboxylic acids is 2. The highest BCUT2D eigenvalue weighted by Crippen LogP contribution is 1.87. The second-order valence-corrected chi connectivity index (χ2v) is 2.02. The van der Waals surface area contributed by atoms with Crippen LogP contribution < -0.4 is 10.6 Å². The van der Waals surface area contributed by atoms with E-state index in [9.17, 15) is 14.4 Å². The van der Waals surface area contributed by atoms with Gasteiger partial charge in [0.1, 0.15) is 0 Å². The molecule has 0 bridgehead atoms. The summed E-state index contributed by atoms with van der Waals surface area (Å²) in [5.74, 6) is -1.67. The lowest BCUT2D eigenvalue weighted by atomic mass is 10.3. The maximum atomic E-state index is 10.7. The smallest absolute Gasteiger partial charge is 0.321 e. The zero-order chi connectivity index (χ0) is 9.56. The third kappa shape index (κ3) is 5.21. The minimum atomic E-state index is -1.07. The zero-order valence-corrected chi connectivity index (χ0v) is 6.59. The van der Waals surface area contributed by atoms with E-state index in [-0.39, 0.29) is 12.8 Å². The molecule has 0 unspecified atom stereocenters. The van der Waals surface area contributed by atoms with Crippen LogP contribution in [0.4, 0.5) is 4.79 Å². The molecule has 0 radical (unpaired) electrons. The molecule has 0 fully saturated rings. The Morgan fingerprint density at radius 2 is 1.83 bits per heavy atom. The number of aliphatic carboxylic acids is 1. The molecule has 0 aromatic carbocycles. The van der Waals surface area contributed by atoms with E-state index >= 15 is 0 Å². The Kier molecular flexibility index (Phi) is 4.43. The van der Waals surface area contributed by atoms with Crippen molar-refractivity contribution in [2.24, 2.45) is 0 Å². The van der Waals surface area contributed by atoms with Gasteiger partial charge in [0.05, 0.1) is 6.42 Å². The molecule has 0 aromatic rings. The average Bonchev–Trinajstić information content (AvgIpc) is 2.00. The van der Waals surface area contributed by atoms with Crippen molar-refractivity contribution >= 4 is 17.9 Å². The SMILES string of the molecule is CNC(=O)NC(=O)CCC(=O)O. The van der Waals surface area contributed by atoms with Gasteiger partial charge in [0.15, 0.2) is 0 Å². The molecule has 0 spiro atoms. The van der Waals surface area contributed by atoms with Gasteiger partial charge in [0.2, 0.25) is 5.91 Å². The summed E-state index contributed by atoms with van der Waals surface area (Å²) >= 11 is 0. The highest BCUT2D eigenvalue weighted by molar-refractivity contribution is 5.95. The number of imide groups is 1. The van der Waals surface area contributed by atoms with Crippen LogP contribution in [0.3, 0.4) is 0 Å². The first kappa shape index (κ1) is 10.4. The van der Waals surface area contributed by atoms with Crippen LogP contribution in [0.15, 0.2) is 0 Å². The molecule has 0 heterocycles. The molecule has 12 heavy (non-hydrogen) atoms. The van der Waals surface area contributed by atoms with Crippen molar-refractivity contribution < 1.29 is 19.5 Å². The maximum absolute atomic E-state index is 10.7. The van der Waals surface area contributed by atoms with E-state index in [1.54, 1.807) is 0 Å². The molecule has 0 aliphatic carbocycles. The van der Waals surface area contributed by atoms with Gasteiger partial charge in [-0.2, -0.15) is 0 Å². The van der Waals surface area contributed by atoms with E-state index in [1.165, 1.54) is 7.05 Å². The number of hydrogen-bond donors (Lipinski definition) is 3. The molecule has 6 heteroatoms. The predicted molar refractivity (Wildman–Crippen MR) is 39.5 cm³/mol. The minimum Gasteiger partial charge on any atom is -0.481 e. The fourth-order valence-corrected chi connectivity index (χ4v) is 0.472. The third-order valence-electron chi connectivity index (χ3n) is 1.05. The Labute approximate surface area is 68.9 Å². The van der Waals surface area contributed by atoms with E-state index in [0.29, 0.717) is 0 Å². The van der Waals surface area contributed by atoms with Gasteiger partial charge in [-0.05, 0) is 0 Å². The summed E-state index contributed by atoms with van der Waals surface area (Å²) in [7, 11) is 1.36. The van der Waals surface area contributed by atoms with Crippen molar-refractivity contribution in [2.75, 3.05) is 7.05 Å². The standard InChI is InChI=1S/C6H10N2O4/c1-7-6(12)8-4(9)2-3-5(10)11/h2-3H2,1H3,(H,10,11)(H2,7,8,9,12). The van der Waals surface area contributed by atoms with Gasteiger partial charge in [-0.25, -0.2) is 4.79 Å². The largest absolute Gasteiger partial charge is 0.481 e. The lowest BCUT2D eigenvalue weighted by Gasteiger charge is -2.00. The minimum absolute atomic E-state index is 0.192. The number of urea groups is 1. The first-order valence-electron chi connectivity index (χ1n) is 3.29. The van der Waals surface area contributed by atoms with Crippen LogP contribution >= 0.6 is 0 Å². The molecule has 0 saturated carbocycles. The number of carboxylic acid groups (broad SMARTS) is 1. The second-order valence-electron chi connectivity index (χ2n) is 2.02. The Balaban J connectivity index is 3.60. The summed E-state index contributed by atoms with van der Waals surface area (Å²) in [6.07, 6.45) is -0.467. The number of hydrogen-bond acceptors (Lipinski definition) is 3. The number of nitrogens with one attached hydrogen (secondary N) is 2. The maximum Gasteiger partial charge on any atom is 0.321 e. The molecule has 3 amide bonds. The predicted octanol–water partition coefficient (Wildman–Crippen LogP) is -0.693. The summed E-state index contributed by atoms with van der Waals surface area (Å²) < 4.78 is 0. The van der Waals surface area contributed by atoms with E-state index in [1.807, 2.05) is 5.32 Å². The average molecular weight is 174 g/mol. The Morgan fingerprint density at radius 3 is 2.25 bits per heavy atom. The lowest BCUT2D eigenvalue weighted by Crippen LogP contribution is -2.37. The van der Waals surface area contributed by atoms with Crippen molar-refractivity contribution in [1.29, 1.82) is 0 Å². The van der Waals surface area contributed by atoms with Crippen LogP contribution in [0.5, 0.6) is 0 Å². The zero-order valence-electron chi connectivity index (χ0n) is 6.59. The van der Waals surface area contributed by atoms with Crippen molar-refractivity contribution in [3.05, 3.63) is 0 Å². The van der Waals surface area contributed by atoms with Crippen molar-refractivity contribution in [3.8, 4) is 0 Å². The lowest BCUT2D eigenvalue weighted by molar-refractivity contribution is -0.138. The molecule has 0 saturated heterocycles. The second kappa shape index (κ2) is 5.11. The van der Waals surface area contributed by atoms with E-state index < -0.39 is 17.9 Å². The van der Waals surface area contributed by atoms with Gasteiger partial charge in [-0.1, -0.05) is 0 Å². The summed E-state index contributed by atoms with van der Waals surface area (Å²) in [6.45, 7) is 0. The quantitative estimate of drug-likeness (QED) is 0.527. The van der Waals surface area contributed by atoms with E-state index in [2.05, 4.69) is 5.32 Å². The Hall–Kier alpha value is -1.59. The van der Waals surface area contributed by atoms with Gasteiger partial charge >= 0.3 is 12.0 Å². The van der Waals surface area contributed by atoms with Crippen molar-refractivity contribution in [1.82, 2.24) is 10.6 Å². The van der Waals surface area contributed by atoms with Crippen molar-refractivity contribution in [2.45, 2.75) is 12.8 Å². The van der Waals surface area contributed by atoms with Crippen LogP contribution in [0.2, 0.25) is 0 Å². The molecule has 0 atom stereocenters. The van der Waals surface area contributed by atoms with Crippen LogP contribution in [0.25, 0.3) is 0 Å². The number of carboxylic acids is 1. The van der Waals surface area contributed by atoms with Gasteiger partial charge in [0.25, 0.3) is 0 Å². The van der Waals surface area contributed by atoms with Gasteiger partial charge in [-0.15, -0.1) is 0 Å². The van der Waals surface area contributed by atoms with Gasteiger partial charge in [0, 0.05) is 13.5 Å². The van der Waals surface area contributed by atoms with Crippen molar-refractivity contribution in [3.63, 3.8) is 0 Å². The molecule has 0 aliphatic rings. The Morgan fingerprint density at radius 1 is 1.25 bits per heavy atom. The van der Waals surface area contributed by atoms with Crippen LogP contribution in [0, 0.1) is 0 Å². The molecular weight excluding hydrogens is 164 g/mol. The Bertz CT molecular complexity index is 202. The number of amides is 3. The van der Waals surface area contributed by atoms with Gasteiger partial charge in [-0.3, -0.25) is 14.9 Å². The molecule has 68 valence electrons. The monoisotopic (exact) mass is 174 g/mol. The molecule has 0 rings (SSSR count). The third-order valence-corrected chi connectivity index (χ3v) is 1.05. The normalized spacial score (nSPS) is 8.75. The molecule has 0 aromatic heterocycles. The fourth-order valence-electron chi connectivity index (χ4n) is 0.472. The summed E-state index contributed by atoms with van der Waals surface area (Å²) in [4.78, 5) is 31.1. The fraction of sp³-hybridized carbons (Fsp3) is 0.500. The van der Waals surface area contributed by atoms with E-state index in [0.717, 1.165) is 0 Å². The van der Waals surface area contributed by atoms with Crippen LogP contribution in [-0.4, -0.2) is 30.1 Å². The molecule has 0 aliphatic heterocycles. The summed E-state index contributed by atoms with van der Waals surface area (Å²) in [5.41, 5.74) is 0. The summed E-state index contributed by atoms with van der Waals surface area (Å²) in [5, 5.41) is 12.3. The summed E-state index contributed by atoms with van der Waals surface area (Å²) in [6, 6.07) is -0.634. The molecular formula is C6H10N2O4. The van der Waals surface area contributed by atoms with E-state index in [4.69, 9.17) is 5.11 Å².